The summed E-state index contributed by atoms with van der Waals surface area (Å²) in [7, 11) is 0. The lowest BCUT2D eigenvalue weighted by molar-refractivity contribution is -0.222. The number of anilines is 1. The molecular formula is C17H21NO5. The van der Waals surface area contributed by atoms with Crippen molar-refractivity contribution in [1.82, 2.24) is 0 Å². The monoisotopic (exact) mass is 319 g/mol. The number of esters is 2. The van der Waals surface area contributed by atoms with Crippen LogP contribution in [0.1, 0.15) is 33.6 Å². The third-order valence-corrected chi connectivity index (χ3v) is 3.12. The molecule has 124 valence electrons. The van der Waals surface area contributed by atoms with Crippen LogP contribution < -0.4 is 10.1 Å². The van der Waals surface area contributed by atoms with Gasteiger partial charge >= 0.3 is 11.9 Å². The maximum absolute atomic E-state index is 11.8. The second-order valence-corrected chi connectivity index (χ2v) is 5.61. The van der Waals surface area contributed by atoms with Crippen LogP contribution in [0.15, 0.2) is 36.0 Å². The molecule has 23 heavy (non-hydrogen) atoms. The molecule has 1 saturated heterocycles. The number of hydrogen-bond acceptors (Lipinski definition) is 6. The van der Waals surface area contributed by atoms with E-state index in [1.807, 2.05) is 12.1 Å². The molecule has 0 aromatic heterocycles. The highest BCUT2D eigenvalue weighted by atomic mass is 16.7. The normalized spacial score (nSPS) is 16.4. The first-order chi connectivity index (χ1) is 10.9. The first kappa shape index (κ1) is 16.9. The van der Waals surface area contributed by atoms with E-state index < -0.39 is 17.7 Å². The Hall–Kier alpha value is -2.50. The molecule has 6 nitrogen and oxygen atoms in total. The van der Waals surface area contributed by atoms with Crippen molar-refractivity contribution in [2.24, 2.45) is 0 Å². The second kappa shape index (κ2) is 7.17. The third kappa shape index (κ3) is 4.74. The molecular weight excluding hydrogens is 298 g/mol. The van der Waals surface area contributed by atoms with Crippen LogP contribution in [0.2, 0.25) is 0 Å². The molecule has 1 aromatic carbocycles. The number of cyclic esters (lactones) is 2. The number of unbranched alkanes of at least 4 members (excludes halogenated alkanes) is 1. The van der Waals surface area contributed by atoms with Crippen LogP contribution >= 0.6 is 0 Å². The Bertz CT molecular complexity index is 582. The fraction of sp³-hybridized carbons (Fsp3) is 0.412. The summed E-state index contributed by atoms with van der Waals surface area (Å²) >= 11 is 0. The zero-order valence-electron chi connectivity index (χ0n) is 13.5. The number of ether oxygens (including phenoxy) is 3. The van der Waals surface area contributed by atoms with Crippen molar-refractivity contribution < 1.29 is 23.8 Å². The molecule has 0 aliphatic carbocycles. The molecule has 1 aliphatic heterocycles. The molecule has 1 N–H and O–H groups in total. The van der Waals surface area contributed by atoms with Crippen molar-refractivity contribution in [3.63, 3.8) is 0 Å². The molecule has 0 saturated carbocycles. The van der Waals surface area contributed by atoms with Gasteiger partial charge in [-0.15, -0.1) is 0 Å². The van der Waals surface area contributed by atoms with Crippen molar-refractivity contribution in [2.75, 3.05) is 11.9 Å². The molecule has 2 rings (SSSR count). The number of rotatable bonds is 6. The average molecular weight is 319 g/mol. The Balaban J connectivity index is 1.97. The number of nitrogens with one attached hydrogen (secondary N) is 1. The van der Waals surface area contributed by atoms with Gasteiger partial charge in [0.05, 0.1) is 6.61 Å². The first-order valence-corrected chi connectivity index (χ1v) is 7.57. The maximum atomic E-state index is 11.8. The minimum absolute atomic E-state index is 0.174. The fourth-order valence-corrected chi connectivity index (χ4v) is 1.92. The van der Waals surface area contributed by atoms with Crippen LogP contribution in [0.3, 0.4) is 0 Å². The van der Waals surface area contributed by atoms with Gasteiger partial charge in [0.25, 0.3) is 5.79 Å². The minimum Gasteiger partial charge on any atom is -0.494 e. The topological polar surface area (TPSA) is 73.9 Å². The second-order valence-electron chi connectivity index (χ2n) is 5.61. The number of carbonyl (C=O) groups excluding carboxylic acids is 2. The van der Waals surface area contributed by atoms with E-state index in [1.54, 1.807) is 12.1 Å². The van der Waals surface area contributed by atoms with Gasteiger partial charge in [-0.1, -0.05) is 13.3 Å². The van der Waals surface area contributed by atoms with E-state index >= 15 is 0 Å². The van der Waals surface area contributed by atoms with Crippen molar-refractivity contribution in [1.29, 1.82) is 0 Å². The predicted octanol–water partition coefficient (Wildman–Crippen LogP) is 3.00. The van der Waals surface area contributed by atoms with E-state index in [-0.39, 0.29) is 5.57 Å². The Morgan fingerprint density at radius 1 is 1.13 bits per heavy atom. The molecule has 1 aliphatic rings. The summed E-state index contributed by atoms with van der Waals surface area (Å²) in [6.45, 7) is 5.79. The van der Waals surface area contributed by atoms with Gasteiger partial charge < -0.3 is 19.5 Å². The van der Waals surface area contributed by atoms with Crippen LogP contribution in [0, 0.1) is 0 Å². The highest BCUT2D eigenvalue weighted by Gasteiger charge is 2.38. The predicted molar refractivity (Wildman–Crippen MR) is 84.8 cm³/mol. The third-order valence-electron chi connectivity index (χ3n) is 3.12. The summed E-state index contributed by atoms with van der Waals surface area (Å²) in [5.74, 6) is -1.88. The smallest absolute Gasteiger partial charge is 0.350 e. The van der Waals surface area contributed by atoms with Crippen LogP contribution in [0.25, 0.3) is 0 Å². The molecule has 1 aromatic rings. The SMILES string of the molecule is CCCCOc1ccc(NC=C2C(=O)OC(C)(C)OC2=O)cc1. The van der Waals surface area contributed by atoms with Crippen molar-refractivity contribution >= 4 is 17.6 Å². The zero-order valence-corrected chi connectivity index (χ0v) is 13.5. The van der Waals surface area contributed by atoms with Gasteiger partial charge in [-0.05, 0) is 30.7 Å². The Morgan fingerprint density at radius 3 is 2.30 bits per heavy atom. The van der Waals surface area contributed by atoms with Gasteiger partial charge in [0.1, 0.15) is 5.75 Å². The van der Waals surface area contributed by atoms with Gasteiger partial charge in [0, 0.05) is 25.7 Å². The number of benzene rings is 1. The lowest BCUT2D eigenvalue weighted by Gasteiger charge is -2.29. The van der Waals surface area contributed by atoms with E-state index in [4.69, 9.17) is 14.2 Å². The molecule has 0 atom stereocenters. The van der Waals surface area contributed by atoms with E-state index in [1.165, 1.54) is 20.0 Å². The lowest BCUT2D eigenvalue weighted by Crippen LogP contribution is -2.42. The molecule has 0 unspecified atom stereocenters. The van der Waals surface area contributed by atoms with Crippen molar-refractivity contribution in [2.45, 2.75) is 39.4 Å². The largest absolute Gasteiger partial charge is 0.494 e. The Kier molecular flexibility index (Phi) is 5.26. The van der Waals surface area contributed by atoms with E-state index in [9.17, 15) is 9.59 Å². The highest BCUT2D eigenvalue weighted by Crippen LogP contribution is 2.23. The Labute approximate surface area is 135 Å². The average Bonchev–Trinajstić information content (AvgIpc) is 2.47. The first-order valence-electron chi connectivity index (χ1n) is 7.57. The van der Waals surface area contributed by atoms with Crippen LogP contribution in [-0.4, -0.2) is 24.3 Å². The van der Waals surface area contributed by atoms with Crippen LogP contribution in [0.4, 0.5) is 5.69 Å². The summed E-state index contributed by atoms with van der Waals surface area (Å²) in [6.07, 6.45) is 3.37. The van der Waals surface area contributed by atoms with E-state index in [0.29, 0.717) is 12.3 Å². The van der Waals surface area contributed by atoms with Crippen LogP contribution in [0.5, 0.6) is 5.75 Å². The summed E-state index contributed by atoms with van der Waals surface area (Å²) in [5.41, 5.74) is 0.540. The maximum Gasteiger partial charge on any atom is 0.350 e. The van der Waals surface area contributed by atoms with E-state index in [2.05, 4.69) is 12.2 Å². The number of hydrogen-bond donors (Lipinski definition) is 1. The fourth-order valence-electron chi connectivity index (χ4n) is 1.92. The van der Waals surface area contributed by atoms with Gasteiger partial charge in [-0.25, -0.2) is 9.59 Å². The molecule has 6 heteroatoms. The molecule has 0 spiro atoms. The quantitative estimate of drug-likeness (QED) is 0.376. The Morgan fingerprint density at radius 2 is 1.74 bits per heavy atom. The summed E-state index contributed by atoms with van der Waals surface area (Å²) in [6, 6.07) is 7.22. The van der Waals surface area contributed by atoms with Crippen molar-refractivity contribution in [3.8, 4) is 5.75 Å². The van der Waals surface area contributed by atoms with Crippen molar-refractivity contribution in [3.05, 3.63) is 36.0 Å². The summed E-state index contributed by atoms with van der Waals surface area (Å²) < 4.78 is 15.6. The van der Waals surface area contributed by atoms with Gasteiger partial charge in [-0.3, -0.25) is 0 Å². The van der Waals surface area contributed by atoms with Gasteiger partial charge in [-0.2, -0.15) is 0 Å². The molecule has 0 amide bonds. The van der Waals surface area contributed by atoms with Crippen LogP contribution in [-0.2, 0) is 19.1 Å². The number of carbonyl (C=O) groups is 2. The summed E-state index contributed by atoms with van der Waals surface area (Å²) in [5, 5.41) is 2.88. The summed E-state index contributed by atoms with van der Waals surface area (Å²) in [4.78, 5) is 23.6. The van der Waals surface area contributed by atoms with E-state index in [0.717, 1.165) is 18.6 Å². The molecule has 0 radical (unpaired) electrons. The molecule has 1 heterocycles. The van der Waals surface area contributed by atoms with Gasteiger partial charge in [0.2, 0.25) is 0 Å². The lowest BCUT2D eigenvalue weighted by atomic mass is 10.2. The standard InChI is InChI=1S/C17H21NO5/c1-4-5-10-21-13-8-6-12(7-9-13)18-11-14-15(19)22-17(2,3)23-16(14)20/h6-9,11,18H,4-5,10H2,1-3H3. The molecule has 0 bridgehead atoms. The zero-order chi connectivity index (χ0) is 16.9. The minimum atomic E-state index is -1.23. The highest BCUT2D eigenvalue weighted by molar-refractivity contribution is 6.15. The molecule has 1 fully saturated rings. The van der Waals surface area contributed by atoms with Gasteiger partial charge in [0.15, 0.2) is 5.57 Å².